The molecule has 0 spiro atoms. The Hall–Kier alpha value is -0.740. The molecular weight excluding hydrogens is 330 g/mol. The van der Waals surface area contributed by atoms with Gasteiger partial charge in [-0.2, -0.15) is 0 Å². The molecule has 3 nitrogen and oxygen atoms in total. The maximum atomic E-state index is 11.6. The van der Waals surface area contributed by atoms with Crippen molar-refractivity contribution in [3.05, 3.63) is 29.3 Å². The lowest BCUT2D eigenvalue weighted by molar-refractivity contribution is -0.123. The molecule has 1 rings (SSSR count). The summed E-state index contributed by atoms with van der Waals surface area (Å²) in [6.45, 7) is 4.91. The number of halogens is 2. The number of hydrogen-bond donors (Lipinski definition) is 1. The van der Waals surface area contributed by atoms with Gasteiger partial charge in [-0.25, -0.2) is 0 Å². The Kier molecular flexibility index (Phi) is 7.24. The van der Waals surface area contributed by atoms with Crippen LogP contribution >= 0.6 is 27.5 Å². The van der Waals surface area contributed by atoms with E-state index < -0.39 is 0 Å². The van der Waals surface area contributed by atoms with E-state index in [0.29, 0.717) is 28.1 Å². The van der Waals surface area contributed by atoms with Gasteiger partial charge in [0.25, 0.3) is 5.91 Å². The van der Waals surface area contributed by atoms with Gasteiger partial charge in [-0.15, -0.1) is 0 Å². The monoisotopic (exact) mass is 347 g/mol. The average Bonchev–Trinajstić information content (AvgIpc) is 2.33. The number of carbonyl (C=O) groups is 1. The lowest BCUT2D eigenvalue weighted by Gasteiger charge is -2.13. The van der Waals surface area contributed by atoms with Gasteiger partial charge in [0.1, 0.15) is 5.75 Å². The molecule has 1 atom stereocenters. The number of ether oxygens (including phenoxy) is 1. The fourth-order valence-electron chi connectivity index (χ4n) is 1.58. The number of hydrogen-bond acceptors (Lipinski definition) is 2. The van der Waals surface area contributed by atoms with Crippen LogP contribution in [-0.4, -0.2) is 23.9 Å². The average molecular weight is 349 g/mol. The van der Waals surface area contributed by atoms with Gasteiger partial charge in [-0.05, 0) is 30.5 Å². The van der Waals surface area contributed by atoms with Crippen LogP contribution < -0.4 is 10.1 Å². The lowest BCUT2D eigenvalue weighted by atomic mass is 10.1. The molecule has 0 radical (unpaired) electrons. The quantitative estimate of drug-likeness (QED) is 0.764. The highest BCUT2D eigenvalue weighted by atomic mass is 79.9. The Balaban J connectivity index is 2.25. The molecule has 1 aromatic carbocycles. The Labute approximate surface area is 127 Å². The normalized spacial score (nSPS) is 12.3. The fraction of sp³-hybridized carbons (Fsp3) is 0.500. The van der Waals surface area contributed by atoms with Crippen molar-refractivity contribution in [2.24, 2.45) is 5.92 Å². The number of benzene rings is 1. The van der Waals surface area contributed by atoms with Crippen LogP contribution in [0.15, 0.2) is 24.3 Å². The van der Waals surface area contributed by atoms with E-state index >= 15 is 0 Å². The van der Waals surface area contributed by atoms with Crippen LogP contribution in [0.1, 0.15) is 20.3 Å². The first-order chi connectivity index (χ1) is 8.97. The standard InChI is InChI=1S/C14H19BrClNO2/c1-10(2)6-11(15)8-17-14(18)9-19-13-5-3-4-12(16)7-13/h3-5,7,10-11H,6,8-9H2,1-2H3,(H,17,18). The van der Waals surface area contributed by atoms with Gasteiger partial charge in [0.2, 0.25) is 0 Å². The topological polar surface area (TPSA) is 38.3 Å². The summed E-state index contributed by atoms with van der Waals surface area (Å²) >= 11 is 9.36. The molecule has 19 heavy (non-hydrogen) atoms. The molecule has 0 bridgehead atoms. The Morgan fingerprint density at radius 2 is 2.21 bits per heavy atom. The molecular formula is C14H19BrClNO2. The summed E-state index contributed by atoms with van der Waals surface area (Å²) in [4.78, 5) is 11.9. The number of alkyl halides is 1. The molecule has 1 N–H and O–H groups in total. The molecule has 0 aromatic heterocycles. The molecule has 0 aliphatic carbocycles. The number of carbonyl (C=O) groups excluding carboxylic acids is 1. The molecule has 0 fully saturated rings. The van der Waals surface area contributed by atoms with Crippen LogP contribution in [0.5, 0.6) is 5.75 Å². The number of amides is 1. The minimum absolute atomic E-state index is 0.00173. The molecule has 106 valence electrons. The summed E-state index contributed by atoms with van der Waals surface area (Å²) in [6.07, 6.45) is 1.02. The zero-order valence-electron chi connectivity index (χ0n) is 11.2. The predicted molar refractivity (Wildman–Crippen MR) is 82.1 cm³/mol. The summed E-state index contributed by atoms with van der Waals surface area (Å²) in [7, 11) is 0. The van der Waals surface area contributed by atoms with E-state index in [0.717, 1.165) is 6.42 Å². The van der Waals surface area contributed by atoms with Gasteiger partial charge in [0.15, 0.2) is 6.61 Å². The Morgan fingerprint density at radius 3 is 2.84 bits per heavy atom. The Morgan fingerprint density at radius 1 is 1.47 bits per heavy atom. The van der Waals surface area contributed by atoms with Crippen molar-refractivity contribution in [1.29, 1.82) is 0 Å². The highest BCUT2D eigenvalue weighted by molar-refractivity contribution is 9.09. The highest BCUT2D eigenvalue weighted by Crippen LogP contribution is 2.16. The van der Waals surface area contributed by atoms with Crippen molar-refractivity contribution in [2.75, 3.05) is 13.2 Å². The third-order valence-electron chi connectivity index (χ3n) is 2.41. The maximum Gasteiger partial charge on any atom is 0.257 e. The van der Waals surface area contributed by atoms with Crippen molar-refractivity contribution in [2.45, 2.75) is 25.1 Å². The van der Waals surface area contributed by atoms with Crippen molar-refractivity contribution < 1.29 is 9.53 Å². The molecule has 1 amide bonds. The summed E-state index contributed by atoms with van der Waals surface area (Å²) in [5.41, 5.74) is 0. The third kappa shape index (κ3) is 7.43. The molecule has 1 unspecified atom stereocenters. The van der Waals surface area contributed by atoms with E-state index in [1.165, 1.54) is 0 Å². The van der Waals surface area contributed by atoms with Gasteiger partial charge in [0, 0.05) is 16.4 Å². The lowest BCUT2D eigenvalue weighted by Crippen LogP contribution is -2.33. The fourth-order valence-corrected chi connectivity index (χ4v) is 2.67. The van der Waals surface area contributed by atoms with E-state index in [2.05, 4.69) is 35.1 Å². The summed E-state index contributed by atoms with van der Waals surface area (Å²) in [6, 6.07) is 6.99. The van der Waals surface area contributed by atoms with Crippen LogP contribution in [0.3, 0.4) is 0 Å². The van der Waals surface area contributed by atoms with E-state index in [4.69, 9.17) is 16.3 Å². The first kappa shape index (κ1) is 16.3. The van der Waals surface area contributed by atoms with Gasteiger partial charge < -0.3 is 10.1 Å². The van der Waals surface area contributed by atoms with Crippen LogP contribution in [0.25, 0.3) is 0 Å². The van der Waals surface area contributed by atoms with Crippen LogP contribution in [-0.2, 0) is 4.79 Å². The van der Waals surface area contributed by atoms with E-state index in [-0.39, 0.29) is 12.5 Å². The maximum absolute atomic E-state index is 11.6. The van der Waals surface area contributed by atoms with Gasteiger partial charge in [-0.1, -0.05) is 47.4 Å². The minimum atomic E-state index is -0.131. The predicted octanol–water partition coefficient (Wildman–Crippen LogP) is 3.64. The molecule has 0 saturated carbocycles. The smallest absolute Gasteiger partial charge is 0.257 e. The first-order valence-corrected chi connectivity index (χ1v) is 7.56. The molecule has 0 heterocycles. The SMILES string of the molecule is CC(C)CC(Br)CNC(=O)COc1cccc(Cl)c1. The van der Waals surface area contributed by atoms with Crippen LogP contribution in [0.4, 0.5) is 0 Å². The second kappa shape index (κ2) is 8.43. The molecule has 1 aromatic rings. The molecule has 5 heteroatoms. The van der Waals surface area contributed by atoms with Gasteiger partial charge in [0.05, 0.1) is 0 Å². The molecule has 0 aliphatic rings. The summed E-state index contributed by atoms with van der Waals surface area (Å²) in [5, 5.41) is 3.42. The number of nitrogens with one attached hydrogen (secondary N) is 1. The second-order valence-corrected chi connectivity index (χ2v) is 6.51. The van der Waals surface area contributed by atoms with Crippen molar-refractivity contribution in [1.82, 2.24) is 5.32 Å². The molecule has 0 aliphatic heterocycles. The van der Waals surface area contributed by atoms with E-state index in [9.17, 15) is 4.79 Å². The van der Waals surface area contributed by atoms with Crippen LogP contribution in [0.2, 0.25) is 5.02 Å². The minimum Gasteiger partial charge on any atom is -0.484 e. The van der Waals surface area contributed by atoms with E-state index in [1.54, 1.807) is 24.3 Å². The highest BCUT2D eigenvalue weighted by Gasteiger charge is 2.09. The second-order valence-electron chi connectivity index (χ2n) is 4.78. The largest absolute Gasteiger partial charge is 0.484 e. The van der Waals surface area contributed by atoms with E-state index in [1.807, 2.05) is 0 Å². The van der Waals surface area contributed by atoms with Crippen LogP contribution in [0, 0.1) is 5.92 Å². The zero-order chi connectivity index (χ0) is 14.3. The first-order valence-electron chi connectivity index (χ1n) is 6.26. The van der Waals surface area contributed by atoms with Crippen molar-refractivity contribution in [3.8, 4) is 5.75 Å². The summed E-state index contributed by atoms with van der Waals surface area (Å²) in [5.74, 6) is 1.07. The molecule has 0 saturated heterocycles. The van der Waals surface area contributed by atoms with Gasteiger partial charge >= 0.3 is 0 Å². The zero-order valence-corrected chi connectivity index (χ0v) is 13.5. The Bertz CT molecular complexity index is 412. The number of rotatable bonds is 7. The third-order valence-corrected chi connectivity index (χ3v) is 3.35. The van der Waals surface area contributed by atoms with Gasteiger partial charge in [-0.3, -0.25) is 4.79 Å². The van der Waals surface area contributed by atoms with Crippen molar-refractivity contribution >= 4 is 33.4 Å². The van der Waals surface area contributed by atoms with Crippen molar-refractivity contribution in [3.63, 3.8) is 0 Å². The summed E-state index contributed by atoms with van der Waals surface area (Å²) < 4.78 is 5.35.